The van der Waals surface area contributed by atoms with Crippen LogP contribution in [0.25, 0.3) is 0 Å². The lowest BCUT2D eigenvalue weighted by molar-refractivity contribution is 0.242. The standard InChI is InChI=1S/C11H22O3Si.2CH4/c1-12-15(3,13-2)7-6-9-4-5-10-11(8-9)14-10;;/h9-11H,4-8H2,1-3H3;2*1H4. The van der Waals surface area contributed by atoms with Crippen LogP contribution in [0, 0.1) is 5.92 Å². The first-order chi connectivity index (χ1) is 7.17. The zero-order valence-corrected chi connectivity index (χ0v) is 11.0. The van der Waals surface area contributed by atoms with Gasteiger partial charge in [-0.25, -0.2) is 0 Å². The van der Waals surface area contributed by atoms with Gasteiger partial charge >= 0.3 is 8.56 Å². The Morgan fingerprint density at radius 3 is 2.29 bits per heavy atom. The highest BCUT2D eigenvalue weighted by Gasteiger charge is 2.44. The molecule has 0 N–H and O–H groups in total. The average molecular weight is 262 g/mol. The zero-order valence-electron chi connectivity index (χ0n) is 9.99. The van der Waals surface area contributed by atoms with Gasteiger partial charge in [0.2, 0.25) is 0 Å². The summed E-state index contributed by atoms with van der Waals surface area (Å²) in [5, 5.41) is 0. The van der Waals surface area contributed by atoms with Gasteiger partial charge in [-0.15, -0.1) is 0 Å². The zero-order chi connectivity index (χ0) is 10.9. The van der Waals surface area contributed by atoms with Gasteiger partial charge in [0.1, 0.15) is 0 Å². The second kappa shape index (κ2) is 6.88. The summed E-state index contributed by atoms with van der Waals surface area (Å²) < 4.78 is 16.5. The van der Waals surface area contributed by atoms with Crippen molar-refractivity contribution in [2.24, 2.45) is 5.92 Å². The second-order valence-electron chi connectivity index (χ2n) is 4.97. The molecule has 104 valence electrons. The summed E-state index contributed by atoms with van der Waals surface area (Å²) in [5.74, 6) is 0.839. The van der Waals surface area contributed by atoms with Gasteiger partial charge < -0.3 is 13.6 Å². The van der Waals surface area contributed by atoms with Crippen LogP contribution in [0.4, 0.5) is 0 Å². The van der Waals surface area contributed by atoms with Crippen LogP contribution in [-0.2, 0) is 13.6 Å². The van der Waals surface area contributed by atoms with Gasteiger partial charge in [-0.2, -0.15) is 0 Å². The molecule has 1 heterocycles. The van der Waals surface area contributed by atoms with Crippen LogP contribution in [0.1, 0.15) is 40.5 Å². The predicted molar refractivity (Wildman–Crippen MR) is 74.5 cm³/mol. The summed E-state index contributed by atoms with van der Waals surface area (Å²) in [5.41, 5.74) is 0. The minimum atomic E-state index is -1.83. The van der Waals surface area contributed by atoms with E-state index < -0.39 is 8.56 Å². The van der Waals surface area contributed by atoms with Crippen LogP contribution < -0.4 is 0 Å². The summed E-state index contributed by atoms with van der Waals surface area (Å²) in [4.78, 5) is 0. The molecule has 1 saturated heterocycles. The SMILES string of the molecule is C.C.CO[Si](C)(CCC1CCC2OC2C1)OC. The van der Waals surface area contributed by atoms with Gasteiger partial charge in [0.15, 0.2) is 0 Å². The Balaban J connectivity index is 0.00000128. The highest BCUT2D eigenvalue weighted by Crippen LogP contribution is 2.41. The van der Waals surface area contributed by atoms with E-state index in [2.05, 4.69) is 6.55 Å². The lowest BCUT2D eigenvalue weighted by Crippen LogP contribution is -2.36. The van der Waals surface area contributed by atoms with Gasteiger partial charge in [0, 0.05) is 14.2 Å². The van der Waals surface area contributed by atoms with E-state index >= 15 is 0 Å². The Morgan fingerprint density at radius 1 is 1.12 bits per heavy atom. The molecule has 17 heavy (non-hydrogen) atoms. The molecule has 0 spiro atoms. The van der Waals surface area contributed by atoms with Crippen molar-refractivity contribution < 1.29 is 13.6 Å². The van der Waals surface area contributed by atoms with Gasteiger partial charge in [-0.3, -0.25) is 0 Å². The van der Waals surface area contributed by atoms with E-state index in [1.54, 1.807) is 14.2 Å². The van der Waals surface area contributed by atoms with Crippen LogP contribution in [0.2, 0.25) is 12.6 Å². The van der Waals surface area contributed by atoms with Crippen molar-refractivity contribution in [3.05, 3.63) is 0 Å². The van der Waals surface area contributed by atoms with E-state index in [1.807, 2.05) is 0 Å². The smallest absolute Gasteiger partial charge is 0.334 e. The second-order valence-corrected chi connectivity index (χ2v) is 8.56. The molecule has 0 aromatic heterocycles. The Labute approximate surface area is 108 Å². The fraction of sp³-hybridized carbons (Fsp3) is 1.00. The van der Waals surface area contributed by atoms with Crippen LogP contribution in [-0.4, -0.2) is 35.0 Å². The first-order valence-electron chi connectivity index (χ1n) is 5.92. The van der Waals surface area contributed by atoms with Gasteiger partial charge in [0.05, 0.1) is 12.2 Å². The quantitative estimate of drug-likeness (QED) is 0.560. The first-order valence-corrected chi connectivity index (χ1v) is 8.45. The van der Waals surface area contributed by atoms with Crippen molar-refractivity contribution in [3.8, 4) is 0 Å². The van der Waals surface area contributed by atoms with E-state index in [1.165, 1.54) is 25.7 Å². The molecule has 1 saturated carbocycles. The van der Waals surface area contributed by atoms with Crippen molar-refractivity contribution in [2.75, 3.05) is 14.2 Å². The van der Waals surface area contributed by atoms with Crippen LogP contribution in [0.3, 0.4) is 0 Å². The molecule has 0 radical (unpaired) electrons. The minimum absolute atomic E-state index is 0. The van der Waals surface area contributed by atoms with Crippen molar-refractivity contribution in [1.29, 1.82) is 0 Å². The predicted octanol–water partition coefficient (Wildman–Crippen LogP) is 3.58. The highest BCUT2D eigenvalue weighted by atomic mass is 28.4. The fourth-order valence-corrected chi connectivity index (χ4v) is 4.01. The lowest BCUT2D eigenvalue weighted by atomic mass is 9.88. The summed E-state index contributed by atoms with van der Waals surface area (Å²) in [6.45, 7) is 2.15. The van der Waals surface area contributed by atoms with Crippen molar-refractivity contribution in [2.45, 2.75) is 65.3 Å². The van der Waals surface area contributed by atoms with Gasteiger partial charge in [-0.1, -0.05) is 14.9 Å². The number of hydrogen-bond acceptors (Lipinski definition) is 3. The molecule has 0 aromatic carbocycles. The maximum atomic E-state index is 5.54. The normalized spacial score (nSPS) is 30.9. The van der Waals surface area contributed by atoms with Crippen LogP contribution in [0.5, 0.6) is 0 Å². The molecule has 0 amide bonds. The summed E-state index contributed by atoms with van der Waals surface area (Å²) >= 11 is 0. The molecule has 2 fully saturated rings. The van der Waals surface area contributed by atoms with E-state index in [-0.39, 0.29) is 14.9 Å². The van der Waals surface area contributed by atoms with Crippen molar-refractivity contribution >= 4 is 8.56 Å². The Morgan fingerprint density at radius 2 is 1.76 bits per heavy atom. The topological polar surface area (TPSA) is 31.0 Å². The fourth-order valence-electron chi connectivity index (χ4n) is 2.50. The molecule has 3 unspecified atom stereocenters. The Bertz CT molecular complexity index is 219. The molecular formula is C13H30O3Si. The van der Waals surface area contributed by atoms with Crippen molar-refractivity contribution in [3.63, 3.8) is 0 Å². The molecule has 0 bridgehead atoms. The number of rotatable bonds is 5. The van der Waals surface area contributed by atoms with Crippen molar-refractivity contribution in [1.82, 2.24) is 0 Å². The molecule has 0 aromatic rings. The van der Waals surface area contributed by atoms with E-state index in [0.717, 1.165) is 12.0 Å². The number of hydrogen-bond donors (Lipinski definition) is 0. The average Bonchev–Trinajstić information content (AvgIpc) is 3.04. The molecule has 1 aliphatic heterocycles. The number of ether oxygens (including phenoxy) is 1. The molecule has 1 aliphatic carbocycles. The third-order valence-electron chi connectivity index (χ3n) is 3.98. The molecule has 3 nitrogen and oxygen atoms in total. The summed E-state index contributed by atoms with van der Waals surface area (Å²) in [6, 6.07) is 1.11. The van der Waals surface area contributed by atoms with E-state index in [4.69, 9.17) is 13.6 Å². The first kappa shape index (κ1) is 17.1. The van der Waals surface area contributed by atoms with Crippen LogP contribution >= 0.6 is 0 Å². The van der Waals surface area contributed by atoms with Gasteiger partial charge in [0.25, 0.3) is 0 Å². The third-order valence-corrected chi connectivity index (χ3v) is 6.91. The third kappa shape index (κ3) is 4.36. The molecule has 2 rings (SSSR count). The van der Waals surface area contributed by atoms with Gasteiger partial charge in [-0.05, 0) is 44.2 Å². The summed E-state index contributed by atoms with van der Waals surface area (Å²) in [6.07, 6.45) is 6.34. The van der Waals surface area contributed by atoms with E-state index in [0.29, 0.717) is 12.2 Å². The molecule has 3 atom stereocenters. The molecule has 4 heteroatoms. The lowest BCUT2D eigenvalue weighted by Gasteiger charge is -2.26. The number of fused-ring (bicyclic) bond motifs is 1. The van der Waals surface area contributed by atoms with E-state index in [9.17, 15) is 0 Å². The molecule has 2 aliphatic rings. The Kier molecular flexibility index (Phi) is 6.92. The maximum Gasteiger partial charge on any atom is 0.334 e. The monoisotopic (exact) mass is 262 g/mol. The Hall–Kier alpha value is 0.0969. The minimum Gasteiger partial charge on any atom is -0.398 e. The number of epoxide rings is 1. The maximum absolute atomic E-state index is 5.54. The summed E-state index contributed by atoms with van der Waals surface area (Å²) in [7, 11) is 1.72. The largest absolute Gasteiger partial charge is 0.398 e. The highest BCUT2D eigenvalue weighted by molar-refractivity contribution is 6.65. The molecular weight excluding hydrogens is 232 g/mol. The van der Waals surface area contributed by atoms with Crippen LogP contribution in [0.15, 0.2) is 0 Å².